The number of nitrogens with one attached hydrogen (secondary N) is 1. The minimum Gasteiger partial charge on any atom is -0.321 e. The molecule has 3 aromatic carbocycles. The fraction of sp³-hybridized carbons (Fsp3) is 0.207. The zero-order valence-corrected chi connectivity index (χ0v) is 22.9. The molecule has 1 aliphatic rings. The van der Waals surface area contributed by atoms with E-state index in [1.54, 1.807) is 30.3 Å². The fourth-order valence-corrected chi connectivity index (χ4v) is 5.73. The Morgan fingerprint density at radius 3 is 2.35 bits per heavy atom. The van der Waals surface area contributed by atoms with Gasteiger partial charge in [-0.25, -0.2) is 0 Å². The number of halogens is 2. The third kappa shape index (κ3) is 6.02. The van der Waals surface area contributed by atoms with Gasteiger partial charge in [-0.3, -0.25) is 14.5 Å². The number of hydrogen-bond donors (Lipinski definition) is 1. The smallest absolute Gasteiger partial charge is 0.269 e. The van der Waals surface area contributed by atoms with Gasteiger partial charge < -0.3 is 5.32 Å². The second kappa shape index (κ2) is 11.4. The number of nitrogens with zero attached hydrogens (tertiary/aromatic N) is 2. The van der Waals surface area contributed by atoms with Crippen LogP contribution < -0.4 is 10.2 Å². The number of carbonyl (C=O) groups is 2. The minimum atomic E-state index is -0.575. The number of aryl methyl sites for hydroxylation is 1. The molecule has 1 N–H and O–H groups in total. The Kier molecular flexibility index (Phi) is 8.29. The van der Waals surface area contributed by atoms with E-state index in [4.69, 9.17) is 23.2 Å². The quantitative estimate of drug-likeness (QED) is 0.255. The Bertz CT molecular complexity index is 1410. The van der Waals surface area contributed by atoms with Gasteiger partial charge in [0.25, 0.3) is 5.91 Å². The van der Waals surface area contributed by atoms with Crippen LogP contribution in [-0.2, 0) is 16.0 Å². The van der Waals surface area contributed by atoms with Gasteiger partial charge in [0.15, 0.2) is 0 Å². The van der Waals surface area contributed by atoms with Crippen LogP contribution in [0.4, 0.5) is 11.4 Å². The normalized spacial score (nSPS) is 16.6. The summed E-state index contributed by atoms with van der Waals surface area (Å²) in [6.07, 6.45) is 0.321. The van der Waals surface area contributed by atoms with Crippen molar-refractivity contribution in [2.45, 2.75) is 38.4 Å². The second-order valence-corrected chi connectivity index (χ2v) is 11.1. The molecule has 1 fully saturated rings. The average molecular weight is 551 g/mol. The average Bonchev–Trinajstić information content (AvgIpc) is 3.18. The third-order valence-electron chi connectivity index (χ3n) is 6.05. The Hall–Kier alpha value is -3.24. The number of carbonyl (C=O) groups excluding carboxylic acids is 2. The first kappa shape index (κ1) is 26.8. The van der Waals surface area contributed by atoms with Gasteiger partial charge in [0.2, 0.25) is 5.91 Å². The topological polar surface area (TPSA) is 73.2 Å². The standard InChI is InChI=1S/C29H25Cl2N3O2S/c1-17(2)19-7-12-23(13-8-19)34-28(36)26(14-20-6-9-21(30)15-25(20)31)37-29(34)24(16-32)27(35)33-22-10-4-18(3)5-11-22/h4-13,15,17,26H,14H2,1-3H3,(H,33,35)/b29-24-. The van der Waals surface area contributed by atoms with Gasteiger partial charge in [-0.1, -0.05) is 84.7 Å². The summed E-state index contributed by atoms with van der Waals surface area (Å²) < 4.78 is 0. The Morgan fingerprint density at radius 1 is 1.08 bits per heavy atom. The van der Waals surface area contributed by atoms with Crippen LogP contribution in [-0.4, -0.2) is 17.1 Å². The summed E-state index contributed by atoms with van der Waals surface area (Å²) >= 11 is 13.6. The zero-order chi connectivity index (χ0) is 26.7. The summed E-state index contributed by atoms with van der Waals surface area (Å²) in [4.78, 5) is 28.4. The van der Waals surface area contributed by atoms with E-state index < -0.39 is 11.2 Å². The maximum absolute atomic E-state index is 13.7. The molecule has 0 spiro atoms. The summed E-state index contributed by atoms with van der Waals surface area (Å²) in [6.45, 7) is 6.13. The Balaban J connectivity index is 1.74. The fourth-order valence-electron chi connectivity index (χ4n) is 3.95. The summed E-state index contributed by atoms with van der Waals surface area (Å²) in [7, 11) is 0. The summed E-state index contributed by atoms with van der Waals surface area (Å²) in [5.41, 5.74) is 3.96. The van der Waals surface area contributed by atoms with Crippen molar-refractivity contribution in [3.8, 4) is 6.07 Å². The molecule has 1 saturated heterocycles. The molecular formula is C29H25Cl2N3O2S. The summed E-state index contributed by atoms with van der Waals surface area (Å²) in [5, 5.41) is 13.5. The van der Waals surface area contributed by atoms with Crippen molar-refractivity contribution >= 4 is 58.2 Å². The highest BCUT2D eigenvalue weighted by atomic mass is 35.5. The molecular weight excluding hydrogens is 525 g/mol. The molecule has 1 atom stereocenters. The molecule has 3 aromatic rings. The highest BCUT2D eigenvalue weighted by Crippen LogP contribution is 2.43. The van der Waals surface area contributed by atoms with Crippen molar-refractivity contribution in [3.05, 3.63) is 104 Å². The van der Waals surface area contributed by atoms with Crippen molar-refractivity contribution in [2.75, 3.05) is 10.2 Å². The lowest BCUT2D eigenvalue weighted by atomic mass is 10.0. The number of anilines is 2. The Morgan fingerprint density at radius 2 is 1.76 bits per heavy atom. The maximum atomic E-state index is 13.7. The van der Waals surface area contributed by atoms with E-state index in [1.807, 2.05) is 49.4 Å². The molecule has 188 valence electrons. The molecule has 8 heteroatoms. The molecule has 2 amide bonds. The number of hydrogen-bond acceptors (Lipinski definition) is 4. The second-order valence-electron chi connectivity index (χ2n) is 9.08. The maximum Gasteiger partial charge on any atom is 0.269 e. The number of thioether (sulfide) groups is 1. The first-order chi connectivity index (χ1) is 17.7. The van der Waals surface area contributed by atoms with E-state index in [0.717, 1.165) is 16.7 Å². The van der Waals surface area contributed by atoms with E-state index >= 15 is 0 Å². The van der Waals surface area contributed by atoms with E-state index in [2.05, 4.69) is 19.2 Å². The van der Waals surface area contributed by atoms with Crippen LogP contribution in [0.5, 0.6) is 0 Å². The monoisotopic (exact) mass is 549 g/mol. The van der Waals surface area contributed by atoms with E-state index in [-0.39, 0.29) is 11.5 Å². The van der Waals surface area contributed by atoms with Crippen LogP contribution in [0.2, 0.25) is 10.0 Å². The van der Waals surface area contributed by atoms with Crippen LogP contribution in [0.1, 0.15) is 36.5 Å². The first-order valence-corrected chi connectivity index (χ1v) is 13.4. The molecule has 1 heterocycles. The number of amides is 2. The van der Waals surface area contributed by atoms with Crippen LogP contribution in [0, 0.1) is 18.3 Å². The lowest BCUT2D eigenvalue weighted by Crippen LogP contribution is -2.31. The molecule has 1 unspecified atom stereocenters. The van der Waals surface area contributed by atoms with Gasteiger partial charge in [-0.15, -0.1) is 0 Å². The molecule has 0 aliphatic carbocycles. The summed E-state index contributed by atoms with van der Waals surface area (Å²) in [5.74, 6) is -0.475. The van der Waals surface area contributed by atoms with E-state index in [1.165, 1.54) is 16.7 Å². The summed E-state index contributed by atoms with van der Waals surface area (Å²) in [6, 6.07) is 22.1. The SMILES string of the molecule is Cc1ccc(NC(=O)/C(C#N)=C2\SC(Cc3ccc(Cl)cc3Cl)C(=O)N2c2ccc(C(C)C)cc2)cc1. The predicted molar refractivity (Wildman–Crippen MR) is 152 cm³/mol. The van der Waals surface area contributed by atoms with E-state index in [0.29, 0.717) is 38.8 Å². The molecule has 37 heavy (non-hydrogen) atoms. The van der Waals surface area contributed by atoms with Crippen molar-refractivity contribution < 1.29 is 9.59 Å². The van der Waals surface area contributed by atoms with Crippen LogP contribution in [0.3, 0.4) is 0 Å². The third-order valence-corrected chi connectivity index (χ3v) is 7.90. The van der Waals surface area contributed by atoms with Gasteiger partial charge in [-0.05, 0) is 66.8 Å². The highest BCUT2D eigenvalue weighted by Gasteiger charge is 2.41. The number of benzene rings is 3. The van der Waals surface area contributed by atoms with Crippen molar-refractivity contribution in [2.24, 2.45) is 0 Å². The number of rotatable bonds is 6. The molecule has 5 nitrogen and oxygen atoms in total. The van der Waals surface area contributed by atoms with Gasteiger partial charge in [-0.2, -0.15) is 5.26 Å². The van der Waals surface area contributed by atoms with Gasteiger partial charge in [0.1, 0.15) is 16.7 Å². The van der Waals surface area contributed by atoms with Crippen molar-refractivity contribution in [1.82, 2.24) is 0 Å². The van der Waals surface area contributed by atoms with Crippen LogP contribution >= 0.6 is 35.0 Å². The minimum absolute atomic E-state index is 0.128. The zero-order valence-electron chi connectivity index (χ0n) is 20.6. The molecule has 0 saturated carbocycles. The lowest BCUT2D eigenvalue weighted by molar-refractivity contribution is -0.117. The molecule has 4 rings (SSSR count). The van der Waals surface area contributed by atoms with E-state index in [9.17, 15) is 14.9 Å². The van der Waals surface area contributed by atoms with Crippen molar-refractivity contribution in [3.63, 3.8) is 0 Å². The molecule has 0 radical (unpaired) electrons. The molecule has 0 aromatic heterocycles. The highest BCUT2D eigenvalue weighted by molar-refractivity contribution is 8.05. The molecule has 1 aliphatic heterocycles. The van der Waals surface area contributed by atoms with Crippen LogP contribution in [0.25, 0.3) is 0 Å². The largest absolute Gasteiger partial charge is 0.321 e. The van der Waals surface area contributed by atoms with Gasteiger partial charge in [0, 0.05) is 21.4 Å². The van der Waals surface area contributed by atoms with Gasteiger partial charge >= 0.3 is 0 Å². The van der Waals surface area contributed by atoms with Crippen molar-refractivity contribution in [1.29, 1.82) is 5.26 Å². The Labute approximate surface area is 231 Å². The molecule has 0 bridgehead atoms. The first-order valence-electron chi connectivity index (χ1n) is 11.7. The lowest BCUT2D eigenvalue weighted by Gasteiger charge is -2.19. The predicted octanol–water partition coefficient (Wildman–Crippen LogP) is 7.49. The van der Waals surface area contributed by atoms with Crippen LogP contribution in [0.15, 0.2) is 77.3 Å². The van der Waals surface area contributed by atoms with Gasteiger partial charge in [0.05, 0.1) is 5.25 Å². The number of nitriles is 1.